The van der Waals surface area contributed by atoms with Crippen LogP contribution in [-0.2, 0) is 4.79 Å². The van der Waals surface area contributed by atoms with Gasteiger partial charge in [-0.1, -0.05) is 17.7 Å². The van der Waals surface area contributed by atoms with Gasteiger partial charge in [-0.3, -0.25) is 4.79 Å². The zero-order chi connectivity index (χ0) is 12.4. The Morgan fingerprint density at radius 1 is 1.47 bits per heavy atom. The Bertz CT molecular complexity index is 433. The lowest BCUT2D eigenvalue weighted by molar-refractivity contribution is -0.122. The maximum absolute atomic E-state index is 12.0. The smallest absolute Gasteiger partial charge is 0.230 e. The number of aryl methyl sites for hydroxylation is 1. The first kappa shape index (κ1) is 12.4. The lowest BCUT2D eigenvalue weighted by atomic mass is 10.1. The fourth-order valence-corrected chi connectivity index (χ4v) is 2.37. The Labute approximate surface area is 106 Å². The molecule has 0 heterocycles. The number of carbonyl (C=O) groups excluding carboxylic acids is 1. The number of carbonyl (C=O) groups is 1. The van der Waals surface area contributed by atoms with Crippen molar-refractivity contribution in [3.05, 3.63) is 28.8 Å². The summed E-state index contributed by atoms with van der Waals surface area (Å²) in [5.41, 5.74) is 1.66. The van der Waals surface area contributed by atoms with Crippen LogP contribution in [0.2, 0.25) is 5.02 Å². The van der Waals surface area contributed by atoms with E-state index in [2.05, 4.69) is 5.32 Å². The third-order valence-electron chi connectivity index (χ3n) is 3.20. The van der Waals surface area contributed by atoms with E-state index in [0.717, 1.165) is 18.4 Å². The maximum atomic E-state index is 12.0. The lowest BCUT2D eigenvalue weighted by Crippen LogP contribution is -2.28. The Morgan fingerprint density at radius 3 is 2.88 bits per heavy atom. The van der Waals surface area contributed by atoms with Crippen molar-refractivity contribution in [2.24, 2.45) is 5.92 Å². The van der Waals surface area contributed by atoms with Gasteiger partial charge in [0.1, 0.15) is 0 Å². The van der Waals surface area contributed by atoms with Crippen LogP contribution in [-0.4, -0.2) is 17.1 Å². The summed E-state index contributed by atoms with van der Waals surface area (Å²) in [7, 11) is 0. The van der Waals surface area contributed by atoms with Crippen molar-refractivity contribution >= 4 is 23.2 Å². The summed E-state index contributed by atoms with van der Waals surface area (Å²) in [5.74, 6) is -0.436. The second-order valence-electron chi connectivity index (χ2n) is 4.58. The quantitative estimate of drug-likeness (QED) is 0.852. The summed E-state index contributed by atoms with van der Waals surface area (Å²) in [6.45, 7) is 1.94. The predicted octanol–water partition coefficient (Wildman–Crippen LogP) is 2.75. The van der Waals surface area contributed by atoms with E-state index in [4.69, 9.17) is 11.6 Å². The number of hydrogen-bond acceptors (Lipinski definition) is 2. The number of hydrogen-bond donors (Lipinski definition) is 2. The maximum Gasteiger partial charge on any atom is 0.230 e. The summed E-state index contributed by atoms with van der Waals surface area (Å²) in [5, 5.41) is 13.0. The van der Waals surface area contributed by atoms with Crippen LogP contribution >= 0.6 is 11.6 Å². The van der Waals surface area contributed by atoms with Crippen molar-refractivity contribution in [2.75, 3.05) is 5.32 Å². The van der Waals surface area contributed by atoms with Gasteiger partial charge < -0.3 is 10.4 Å². The average molecular weight is 254 g/mol. The Hall–Kier alpha value is -1.06. The minimum absolute atomic E-state index is 0.137. The highest BCUT2D eigenvalue weighted by molar-refractivity contribution is 6.33. The van der Waals surface area contributed by atoms with Crippen molar-refractivity contribution in [2.45, 2.75) is 32.3 Å². The standard InChI is InChI=1S/C13H16ClNO2/c1-8-5-6-10(14)11(7-8)15-13(17)9-3-2-4-12(9)16/h5-7,9,12,16H,2-4H2,1H3,(H,15,17). The molecule has 1 aromatic carbocycles. The molecule has 1 amide bonds. The van der Waals surface area contributed by atoms with Crippen LogP contribution in [0.3, 0.4) is 0 Å². The number of rotatable bonds is 2. The largest absolute Gasteiger partial charge is 0.392 e. The lowest BCUT2D eigenvalue weighted by Gasteiger charge is -2.15. The number of aliphatic hydroxyl groups is 1. The van der Waals surface area contributed by atoms with E-state index >= 15 is 0 Å². The first-order chi connectivity index (χ1) is 8.08. The molecule has 1 aliphatic rings. The van der Waals surface area contributed by atoms with Crippen molar-refractivity contribution in [3.63, 3.8) is 0 Å². The van der Waals surface area contributed by atoms with Gasteiger partial charge in [0.05, 0.1) is 22.7 Å². The van der Waals surface area contributed by atoms with Crippen LogP contribution in [0.4, 0.5) is 5.69 Å². The molecule has 2 rings (SSSR count). The second-order valence-corrected chi connectivity index (χ2v) is 4.98. The molecule has 2 N–H and O–H groups in total. The molecule has 3 nitrogen and oxygen atoms in total. The molecule has 0 spiro atoms. The molecule has 0 saturated heterocycles. The highest BCUT2D eigenvalue weighted by Crippen LogP contribution is 2.28. The molecule has 92 valence electrons. The monoisotopic (exact) mass is 253 g/mol. The Kier molecular flexibility index (Phi) is 3.69. The predicted molar refractivity (Wildman–Crippen MR) is 68.2 cm³/mol. The van der Waals surface area contributed by atoms with Crippen LogP contribution in [0.1, 0.15) is 24.8 Å². The number of anilines is 1. The van der Waals surface area contributed by atoms with Crippen molar-refractivity contribution < 1.29 is 9.90 Å². The first-order valence-corrected chi connectivity index (χ1v) is 6.21. The molecule has 0 bridgehead atoms. The molecular formula is C13H16ClNO2. The van der Waals surface area contributed by atoms with Gasteiger partial charge in [0.2, 0.25) is 5.91 Å². The number of halogens is 1. The summed E-state index contributed by atoms with van der Waals surface area (Å²) >= 11 is 6.01. The van der Waals surface area contributed by atoms with Crippen LogP contribution in [0.25, 0.3) is 0 Å². The van der Waals surface area contributed by atoms with Gasteiger partial charge in [0.15, 0.2) is 0 Å². The summed E-state index contributed by atoms with van der Waals surface area (Å²) in [4.78, 5) is 12.0. The van der Waals surface area contributed by atoms with E-state index in [1.807, 2.05) is 19.1 Å². The van der Waals surface area contributed by atoms with Crippen LogP contribution in [0, 0.1) is 12.8 Å². The van der Waals surface area contributed by atoms with E-state index < -0.39 is 6.10 Å². The molecule has 1 aliphatic carbocycles. The molecule has 1 fully saturated rings. The molecule has 17 heavy (non-hydrogen) atoms. The molecular weight excluding hydrogens is 238 g/mol. The van der Waals surface area contributed by atoms with E-state index in [1.165, 1.54) is 0 Å². The first-order valence-electron chi connectivity index (χ1n) is 5.83. The highest BCUT2D eigenvalue weighted by atomic mass is 35.5. The Morgan fingerprint density at radius 2 is 2.24 bits per heavy atom. The highest BCUT2D eigenvalue weighted by Gasteiger charge is 2.31. The molecule has 4 heteroatoms. The molecule has 0 radical (unpaired) electrons. The van der Waals surface area contributed by atoms with Crippen molar-refractivity contribution in [3.8, 4) is 0 Å². The molecule has 0 aliphatic heterocycles. The summed E-state index contributed by atoms with van der Waals surface area (Å²) < 4.78 is 0. The third kappa shape index (κ3) is 2.79. The number of amides is 1. The second kappa shape index (κ2) is 5.07. The SMILES string of the molecule is Cc1ccc(Cl)c(NC(=O)C2CCCC2O)c1. The van der Waals surface area contributed by atoms with E-state index in [-0.39, 0.29) is 11.8 Å². The van der Waals surface area contributed by atoms with Gasteiger partial charge in [-0.25, -0.2) is 0 Å². The molecule has 1 aromatic rings. The number of nitrogens with one attached hydrogen (secondary N) is 1. The van der Waals surface area contributed by atoms with Gasteiger partial charge >= 0.3 is 0 Å². The minimum atomic E-state index is -0.515. The normalized spacial score (nSPS) is 23.7. The molecule has 2 atom stereocenters. The molecule has 2 unspecified atom stereocenters. The fraction of sp³-hybridized carbons (Fsp3) is 0.462. The zero-order valence-corrected chi connectivity index (χ0v) is 10.5. The van der Waals surface area contributed by atoms with Gasteiger partial charge in [-0.15, -0.1) is 0 Å². The van der Waals surface area contributed by atoms with E-state index in [1.54, 1.807) is 6.07 Å². The number of benzene rings is 1. The van der Waals surface area contributed by atoms with Crippen molar-refractivity contribution in [1.29, 1.82) is 0 Å². The van der Waals surface area contributed by atoms with Crippen LogP contribution < -0.4 is 5.32 Å². The Balaban J connectivity index is 2.10. The van der Waals surface area contributed by atoms with Gasteiger partial charge in [-0.2, -0.15) is 0 Å². The van der Waals surface area contributed by atoms with Crippen LogP contribution in [0.15, 0.2) is 18.2 Å². The average Bonchev–Trinajstić information content (AvgIpc) is 2.70. The van der Waals surface area contributed by atoms with Gasteiger partial charge in [0, 0.05) is 0 Å². The van der Waals surface area contributed by atoms with E-state index in [9.17, 15) is 9.90 Å². The topological polar surface area (TPSA) is 49.3 Å². The van der Waals surface area contributed by atoms with Gasteiger partial charge in [-0.05, 0) is 43.9 Å². The summed E-state index contributed by atoms with van der Waals surface area (Å²) in [6.07, 6.45) is 1.84. The molecule has 1 saturated carbocycles. The van der Waals surface area contributed by atoms with E-state index in [0.29, 0.717) is 17.1 Å². The minimum Gasteiger partial charge on any atom is -0.392 e. The zero-order valence-electron chi connectivity index (χ0n) is 9.74. The van der Waals surface area contributed by atoms with Crippen LogP contribution in [0.5, 0.6) is 0 Å². The van der Waals surface area contributed by atoms with Gasteiger partial charge in [0.25, 0.3) is 0 Å². The fourth-order valence-electron chi connectivity index (χ4n) is 2.21. The number of aliphatic hydroxyl groups excluding tert-OH is 1. The molecule has 0 aromatic heterocycles. The van der Waals surface area contributed by atoms with Crippen molar-refractivity contribution in [1.82, 2.24) is 0 Å². The third-order valence-corrected chi connectivity index (χ3v) is 3.53. The summed E-state index contributed by atoms with van der Waals surface area (Å²) in [6, 6.07) is 5.49.